The van der Waals surface area contributed by atoms with Gasteiger partial charge in [-0.3, -0.25) is 19.3 Å². The highest BCUT2D eigenvalue weighted by Gasteiger charge is 2.54. The Morgan fingerprint density at radius 3 is 2.50 bits per heavy atom. The van der Waals surface area contributed by atoms with Crippen molar-refractivity contribution in [2.24, 2.45) is 5.92 Å². The summed E-state index contributed by atoms with van der Waals surface area (Å²) < 4.78 is 0. The predicted octanol–water partition coefficient (Wildman–Crippen LogP) is 0.937. The highest BCUT2D eigenvalue weighted by molar-refractivity contribution is 6.49. The number of fused-ring (bicyclic) bond motifs is 1. The van der Waals surface area contributed by atoms with Crippen molar-refractivity contribution in [1.82, 2.24) is 10.2 Å². The number of aryl methyl sites for hydroxylation is 1. The Labute approximate surface area is 126 Å². The number of aromatic nitrogens is 2. The number of allylic oxidation sites excluding steroid dienone is 2. The Morgan fingerprint density at radius 2 is 1.91 bits per heavy atom. The van der Waals surface area contributed by atoms with Gasteiger partial charge in [0.1, 0.15) is 5.92 Å². The summed E-state index contributed by atoms with van der Waals surface area (Å²) in [6.45, 7) is 9.09. The lowest BCUT2D eigenvalue weighted by molar-refractivity contribution is -0.138. The zero-order valence-electron chi connectivity index (χ0n) is 11.9. The predicted molar refractivity (Wildman–Crippen MR) is 79.0 cm³/mol. The van der Waals surface area contributed by atoms with Crippen molar-refractivity contribution >= 4 is 23.3 Å². The molecule has 22 heavy (non-hydrogen) atoms. The molecule has 0 spiro atoms. The average Bonchev–Trinajstić information content (AvgIpc) is 2.77. The molecule has 0 saturated carbocycles. The van der Waals surface area contributed by atoms with E-state index in [1.807, 2.05) is 0 Å². The molecule has 1 aromatic heterocycles. The molecule has 1 fully saturated rings. The maximum Gasteiger partial charge on any atom is 0.297 e. The Bertz CT molecular complexity index is 761. The quantitative estimate of drug-likeness (QED) is 0.461. The molecule has 2 aliphatic rings. The van der Waals surface area contributed by atoms with Gasteiger partial charge >= 0.3 is 0 Å². The van der Waals surface area contributed by atoms with E-state index in [0.717, 1.165) is 0 Å². The van der Waals surface area contributed by atoms with Crippen LogP contribution in [0.4, 0.5) is 5.82 Å². The molecule has 1 aliphatic heterocycles. The summed E-state index contributed by atoms with van der Waals surface area (Å²) in [7, 11) is 0. The fourth-order valence-corrected chi connectivity index (χ4v) is 2.78. The van der Waals surface area contributed by atoms with Crippen LogP contribution in [0.15, 0.2) is 48.6 Å². The molecule has 3 rings (SSSR count). The van der Waals surface area contributed by atoms with Crippen LogP contribution in [0.25, 0.3) is 0 Å². The highest BCUT2D eigenvalue weighted by Crippen LogP contribution is 2.37. The summed E-state index contributed by atoms with van der Waals surface area (Å²) in [6.07, 6.45) is 3.08. The fraction of sp³-hybridized carbons (Fsp3) is 0.188. The first-order chi connectivity index (χ1) is 10.5. The number of anilines is 1. The van der Waals surface area contributed by atoms with Crippen LogP contribution < -0.4 is 4.90 Å². The molecule has 0 radical (unpaired) electrons. The minimum atomic E-state index is -1.08. The third-order valence-corrected chi connectivity index (χ3v) is 3.85. The van der Waals surface area contributed by atoms with Crippen LogP contribution in [0.5, 0.6) is 0 Å². The van der Waals surface area contributed by atoms with Crippen LogP contribution in [-0.4, -0.2) is 33.7 Å². The molecule has 2 atom stereocenters. The van der Waals surface area contributed by atoms with E-state index in [-0.39, 0.29) is 11.4 Å². The molecule has 2 heterocycles. The molecule has 6 heteroatoms. The third-order valence-electron chi connectivity index (χ3n) is 3.85. The largest absolute Gasteiger partial charge is 0.297 e. The summed E-state index contributed by atoms with van der Waals surface area (Å²) in [6, 6.07) is 2.56. The van der Waals surface area contributed by atoms with Crippen molar-refractivity contribution in [1.29, 1.82) is 0 Å². The topological polar surface area (TPSA) is 80.2 Å². The minimum Gasteiger partial charge on any atom is -0.293 e. The standard InChI is InChI=1S/C16H13N3O3/c1-4-10-7-8(2)14(20)12-13(10)19(16(22)15(12)21)11-6-5-9(3)17-18-11/h4-7,12-13H,1-2H2,3H3. The van der Waals surface area contributed by atoms with E-state index in [1.165, 1.54) is 11.0 Å². The molecule has 2 unspecified atom stereocenters. The van der Waals surface area contributed by atoms with Gasteiger partial charge in [0.25, 0.3) is 5.91 Å². The second-order valence-electron chi connectivity index (χ2n) is 5.23. The van der Waals surface area contributed by atoms with E-state index in [2.05, 4.69) is 23.4 Å². The maximum atomic E-state index is 12.3. The van der Waals surface area contributed by atoms with E-state index >= 15 is 0 Å². The molecule has 1 aromatic rings. The number of Topliss-reactive ketones (excluding diaryl/α,β-unsaturated/α-hetero) is 2. The monoisotopic (exact) mass is 295 g/mol. The van der Waals surface area contributed by atoms with Crippen LogP contribution in [0, 0.1) is 12.8 Å². The molecule has 0 N–H and O–H groups in total. The third kappa shape index (κ3) is 1.84. The molecular weight excluding hydrogens is 282 g/mol. The lowest BCUT2D eigenvalue weighted by atomic mass is 9.80. The lowest BCUT2D eigenvalue weighted by Gasteiger charge is -2.29. The number of hydrogen-bond donors (Lipinski definition) is 0. The molecule has 0 aromatic carbocycles. The van der Waals surface area contributed by atoms with Gasteiger partial charge < -0.3 is 0 Å². The first-order valence-corrected chi connectivity index (χ1v) is 6.70. The summed E-state index contributed by atoms with van der Waals surface area (Å²) in [4.78, 5) is 38.0. The van der Waals surface area contributed by atoms with Gasteiger partial charge in [0, 0.05) is 5.57 Å². The number of amides is 1. The van der Waals surface area contributed by atoms with E-state index < -0.39 is 29.4 Å². The smallest absolute Gasteiger partial charge is 0.293 e. The second-order valence-corrected chi connectivity index (χ2v) is 5.23. The molecule has 0 bridgehead atoms. The first kappa shape index (κ1) is 14.1. The lowest BCUT2D eigenvalue weighted by Crippen LogP contribution is -2.41. The number of hydrogen-bond acceptors (Lipinski definition) is 5. The Balaban J connectivity index is 2.16. The Hall–Kier alpha value is -2.89. The summed E-state index contributed by atoms with van der Waals surface area (Å²) in [5.74, 6) is -2.78. The molecule has 1 aliphatic carbocycles. The van der Waals surface area contributed by atoms with E-state index in [9.17, 15) is 14.4 Å². The fourth-order valence-electron chi connectivity index (χ4n) is 2.78. The van der Waals surface area contributed by atoms with Crippen LogP contribution in [0.3, 0.4) is 0 Å². The normalized spacial score (nSPS) is 24.4. The van der Waals surface area contributed by atoms with Gasteiger partial charge in [-0.25, -0.2) is 0 Å². The van der Waals surface area contributed by atoms with Crippen LogP contribution in [0.2, 0.25) is 0 Å². The van der Waals surface area contributed by atoms with Crippen molar-refractivity contribution in [3.8, 4) is 0 Å². The molecule has 110 valence electrons. The van der Waals surface area contributed by atoms with E-state index in [0.29, 0.717) is 11.3 Å². The SMILES string of the molecule is C=CC1=CC(=C)C(=O)C2C(=O)C(=O)N(c3ccc(C)nn3)C12. The molecular formula is C16H13N3O3. The van der Waals surface area contributed by atoms with Gasteiger partial charge in [0.05, 0.1) is 11.7 Å². The zero-order valence-corrected chi connectivity index (χ0v) is 11.9. The average molecular weight is 295 g/mol. The molecule has 1 saturated heterocycles. The van der Waals surface area contributed by atoms with Crippen LogP contribution in [-0.2, 0) is 14.4 Å². The van der Waals surface area contributed by atoms with Gasteiger partial charge in [-0.15, -0.1) is 5.10 Å². The van der Waals surface area contributed by atoms with Gasteiger partial charge in [-0.2, -0.15) is 5.10 Å². The van der Waals surface area contributed by atoms with Gasteiger partial charge in [0.2, 0.25) is 5.78 Å². The first-order valence-electron chi connectivity index (χ1n) is 6.70. The number of ketones is 2. The van der Waals surface area contributed by atoms with Gasteiger partial charge in [-0.05, 0) is 30.7 Å². The minimum absolute atomic E-state index is 0.203. The van der Waals surface area contributed by atoms with E-state index in [1.54, 1.807) is 25.1 Å². The Morgan fingerprint density at radius 1 is 1.18 bits per heavy atom. The Kier molecular flexibility index (Phi) is 3.09. The highest BCUT2D eigenvalue weighted by atomic mass is 16.2. The molecule has 1 amide bonds. The zero-order chi connectivity index (χ0) is 16.0. The summed E-state index contributed by atoms with van der Waals surface area (Å²) in [5.41, 5.74) is 1.48. The molecule has 6 nitrogen and oxygen atoms in total. The van der Waals surface area contributed by atoms with Crippen molar-refractivity contribution in [3.63, 3.8) is 0 Å². The maximum absolute atomic E-state index is 12.3. The van der Waals surface area contributed by atoms with Gasteiger partial charge in [-0.1, -0.05) is 19.2 Å². The number of carbonyl (C=O) groups excluding carboxylic acids is 3. The van der Waals surface area contributed by atoms with Crippen LogP contribution >= 0.6 is 0 Å². The number of carbonyl (C=O) groups is 3. The van der Waals surface area contributed by atoms with Crippen molar-refractivity contribution < 1.29 is 14.4 Å². The van der Waals surface area contributed by atoms with Crippen molar-refractivity contribution in [2.75, 3.05) is 4.90 Å². The summed E-state index contributed by atoms with van der Waals surface area (Å²) >= 11 is 0. The number of nitrogens with zero attached hydrogens (tertiary/aromatic N) is 3. The summed E-state index contributed by atoms with van der Waals surface area (Å²) in [5, 5.41) is 7.86. The second kappa shape index (κ2) is 4.84. The van der Waals surface area contributed by atoms with Crippen molar-refractivity contribution in [2.45, 2.75) is 13.0 Å². The van der Waals surface area contributed by atoms with E-state index in [4.69, 9.17) is 0 Å². The van der Waals surface area contributed by atoms with Crippen LogP contribution in [0.1, 0.15) is 5.69 Å². The van der Waals surface area contributed by atoms with Crippen molar-refractivity contribution in [3.05, 3.63) is 54.3 Å². The van der Waals surface area contributed by atoms with Gasteiger partial charge in [0.15, 0.2) is 11.6 Å². The number of rotatable bonds is 2.